The largest absolute Gasteiger partial charge is 0.301 e. The number of benzene rings is 2. The monoisotopic (exact) mass is 303 g/mol. The first-order valence-electron chi connectivity index (χ1n) is 6.81. The van der Waals surface area contributed by atoms with E-state index in [0.29, 0.717) is 5.92 Å². The summed E-state index contributed by atoms with van der Waals surface area (Å²) in [4.78, 5) is 3.34. The van der Waals surface area contributed by atoms with E-state index >= 15 is 0 Å². The molecule has 2 aromatic rings. The smallest absolute Gasteiger partial charge is 0.0456 e. The average molecular weight is 304 g/mol. The maximum atomic E-state index is 6.46. The van der Waals surface area contributed by atoms with Gasteiger partial charge in [-0.15, -0.1) is 12.6 Å². The summed E-state index contributed by atoms with van der Waals surface area (Å²) in [7, 11) is 2.15. The van der Waals surface area contributed by atoms with E-state index in [1.165, 1.54) is 22.3 Å². The van der Waals surface area contributed by atoms with Crippen molar-refractivity contribution in [2.75, 3.05) is 13.6 Å². The summed E-state index contributed by atoms with van der Waals surface area (Å²) in [5.74, 6) is 0.369. The minimum absolute atomic E-state index is 0.369. The lowest BCUT2D eigenvalue weighted by Crippen LogP contribution is -2.31. The quantitative estimate of drug-likeness (QED) is 0.758. The van der Waals surface area contributed by atoms with Gasteiger partial charge in [0.2, 0.25) is 0 Å². The van der Waals surface area contributed by atoms with Crippen LogP contribution in [0.4, 0.5) is 0 Å². The van der Waals surface area contributed by atoms with E-state index in [4.69, 9.17) is 11.6 Å². The molecule has 0 aliphatic carbocycles. The molecule has 0 bridgehead atoms. The fourth-order valence-electron chi connectivity index (χ4n) is 3.05. The molecule has 1 aliphatic heterocycles. The fraction of sp³-hybridized carbons (Fsp3) is 0.294. The number of halogens is 1. The van der Waals surface area contributed by atoms with Crippen molar-refractivity contribution >= 4 is 24.2 Å². The van der Waals surface area contributed by atoms with Gasteiger partial charge in [-0.2, -0.15) is 0 Å². The molecule has 0 saturated carbocycles. The molecule has 0 spiro atoms. The molecule has 3 heteroatoms. The van der Waals surface area contributed by atoms with Crippen LogP contribution in [0.25, 0.3) is 0 Å². The first kappa shape index (κ1) is 14.0. The Morgan fingerprint density at radius 3 is 2.80 bits per heavy atom. The second kappa shape index (κ2) is 5.44. The lowest BCUT2D eigenvalue weighted by atomic mass is 9.84. The molecule has 1 nitrogen and oxygen atoms in total. The van der Waals surface area contributed by atoms with Crippen LogP contribution in [0.3, 0.4) is 0 Å². The third-order valence-corrected chi connectivity index (χ3v) is 4.56. The van der Waals surface area contributed by atoms with Gasteiger partial charge >= 0.3 is 0 Å². The molecule has 0 fully saturated rings. The molecule has 0 radical (unpaired) electrons. The third-order valence-electron chi connectivity index (χ3n) is 3.94. The highest BCUT2D eigenvalue weighted by Crippen LogP contribution is 2.37. The van der Waals surface area contributed by atoms with Crippen LogP contribution in [0.5, 0.6) is 0 Å². The fourth-order valence-corrected chi connectivity index (χ4v) is 3.62. The number of hydrogen-bond donors (Lipinski definition) is 1. The van der Waals surface area contributed by atoms with Crippen LogP contribution in [-0.4, -0.2) is 18.5 Å². The lowest BCUT2D eigenvalue weighted by molar-refractivity contribution is 0.295. The Morgan fingerprint density at radius 2 is 2.05 bits per heavy atom. The van der Waals surface area contributed by atoms with Crippen LogP contribution in [0.1, 0.15) is 28.2 Å². The average Bonchev–Trinajstić information content (AvgIpc) is 2.39. The minimum Gasteiger partial charge on any atom is -0.301 e. The van der Waals surface area contributed by atoms with Crippen LogP contribution in [-0.2, 0) is 6.54 Å². The maximum absolute atomic E-state index is 6.46. The number of likely N-dealkylation sites (N-methyl/N-ethyl adjacent to an activating group) is 1. The molecule has 2 aromatic carbocycles. The normalized spacial score (nSPS) is 18.9. The summed E-state index contributed by atoms with van der Waals surface area (Å²) in [5.41, 5.74) is 5.17. The first-order chi connectivity index (χ1) is 9.54. The summed E-state index contributed by atoms with van der Waals surface area (Å²) in [6.07, 6.45) is 0. The third kappa shape index (κ3) is 2.60. The van der Waals surface area contributed by atoms with Crippen molar-refractivity contribution in [2.24, 2.45) is 0 Å². The Bertz CT molecular complexity index is 653. The number of nitrogens with zero attached hydrogens (tertiary/aromatic N) is 1. The van der Waals surface area contributed by atoms with Crippen molar-refractivity contribution in [3.8, 4) is 0 Å². The van der Waals surface area contributed by atoms with E-state index in [-0.39, 0.29) is 0 Å². The SMILES string of the molecule is Cc1cc(Cl)c2c(c1)[C@H](c1cccc(S)c1)CN(C)C2. The summed E-state index contributed by atoms with van der Waals surface area (Å²) >= 11 is 10.9. The van der Waals surface area contributed by atoms with Crippen LogP contribution in [0.15, 0.2) is 41.3 Å². The summed E-state index contributed by atoms with van der Waals surface area (Å²) in [6, 6.07) is 12.8. The Morgan fingerprint density at radius 1 is 1.25 bits per heavy atom. The topological polar surface area (TPSA) is 3.24 Å². The zero-order valence-corrected chi connectivity index (χ0v) is 13.4. The molecule has 0 amide bonds. The van der Waals surface area contributed by atoms with Crippen molar-refractivity contribution in [1.29, 1.82) is 0 Å². The van der Waals surface area contributed by atoms with Crippen LogP contribution < -0.4 is 0 Å². The number of aryl methyl sites for hydroxylation is 1. The summed E-state index contributed by atoms with van der Waals surface area (Å²) in [6.45, 7) is 4.05. The van der Waals surface area contributed by atoms with Crippen molar-refractivity contribution in [2.45, 2.75) is 24.3 Å². The van der Waals surface area contributed by atoms with Gasteiger partial charge in [0.15, 0.2) is 0 Å². The first-order valence-corrected chi connectivity index (χ1v) is 7.63. The van der Waals surface area contributed by atoms with Gasteiger partial charge in [-0.25, -0.2) is 0 Å². The second-order valence-corrected chi connectivity index (χ2v) is 6.58. The van der Waals surface area contributed by atoms with Gasteiger partial charge in [-0.05, 0) is 54.4 Å². The Labute approximate surface area is 131 Å². The van der Waals surface area contributed by atoms with Gasteiger partial charge in [0.25, 0.3) is 0 Å². The van der Waals surface area contributed by atoms with Gasteiger partial charge in [-0.3, -0.25) is 0 Å². The molecule has 20 heavy (non-hydrogen) atoms. The van der Waals surface area contributed by atoms with E-state index < -0.39 is 0 Å². The molecule has 1 aliphatic rings. The number of thiol groups is 1. The highest BCUT2D eigenvalue weighted by molar-refractivity contribution is 7.80. The van der Waals surface area contributed by atoms with Crippen LogP contribution in [0, 0.1) is 6.92 Å². The van der Waals surface area contributed by atoms with Gasteiger partial charge in [0.05, 0.1) is 0 Å². The maximum Gasteiger partial charge on any atom is 0.0456 e. The van der Waals surface area contributed by atoms with Gasteiger partial charge in [0, 0.05) is 28.9 Å². The molecule has 1 atom stereocenters. The van der Waals surface area contributed by atoms with Crippen molar-refractivity contribution in [1.82, 2.24) is 4.90 Å². The number of fused-ring (bicyclic) bond motifs is 1. The van der Waals surface area contributed by atoms with E-state index in [2.05, 4.69) is 61.8 Å². The van der Waals surface area contributed by atoms with E-state index in [1.807, 2.05) is 6.07 Å². The van der Waals surface area contributed by atoms with E-state index in [0.717, 1.165) is 23.0 Å². The molecule has 0 unspecified atom stereocenters. The van der Waals surface area contributed by atoms with Gasteiger partial charge in [0.1, 0.15) is 0 Å². The molecule has 3 rings (SSSR count). The predicted molar refractivity (Wildman–Crippen MR) is 88.1 cm³/mol. The van der Waals surface area contributed by atoms with Crippen molar-refractivity contribution in [3.05, 3.63) is 63.7 Å². The Balaban J connectivity index is 2.15. The van der Waals surface area contributed by atoms with Gasteiger partial charge in [-0.1, -0.05) is 29.8 Å². The second-order valence-electron chi connectivity index (χ2n) is 5.66. The van der Waals surface area contributed by atoms with Crippen LogP contribution >= 0.6 is 24.2 Å². The zero-order valence-electron chi connectivity index (χ0n) is 11.7. The molecule has 0 aromatic heterocycles. The molecular formula is C17H18ClNS. The minimum atomic E-state index is 0.369. The highest BCUT2D eigenvalue weighted by Gasteiger charge is 2.26. The van der Waals surface area contributed by atoms with Crippen LogP contribution in [0.2, 0.25) is 5.02 Å². The predicted octanol–water partition coefficient (Wildman–Crippen LogP) is 4.51. The van der Waals surface area contributed by atoms with E-state index in [9.17, 15) is 0 Å². The molecular weight excluding hydrogens is 286 g/mol. The molecule has 0 saturated heterocycles. The standard InChI is InChI=1S/C17H18ClNS/c1-11-6-14-15(12-4-3-5-13(20)8-12)9-19(2)10-16(14)17(18)7-11/h3-8,15,20H,9-10H2,1-2H3/t15-/m0/s1. The Kier molecular flexibility index (Phi) is 3.80. The number of hydrogen-bond acceptors (Lipinski definition) is 2. The zero-order chi connectivity index (χ0) is 14.3. The molecule has 1 heterocycles. The summed E-state index contributed by atoms with van der Waals surface area (Å²) < 4.78 is 0. The Hall–Kier alpha value is -0.960. The number of rotatable bonds is 1. The summed E-state index contributed by atoms with van der Waals surface area (Å²) in [5, 5.41) is 0.888. The van der Waals surface area contributed by atoms with Gasteiger partial charge < -0.3 is 4.90 Å². The highest BCUT2D eigenvalue weighted by atomic mass is 35.5. The van der Waals surface area contributed by atoms with Crippen molar-refractivity contribution < 1.29 is 0 Å². The molecule has 104 valence electrons. The van der Waals surface area contributed by atoms with Crippen molar-refractivity contribution in [3.63, 3.8) is 0 Å². The van der Waals surface area contributed by atoms with E-state index in [1.54, 1.807) is 0 Å². The molecule has 0 N–H and O–H groups in total. The lowest BCUT2D eigenvalue weighted by Gasteiger charge is -2.33.